The molecule has 5 heteroatoms. The van der Waals surface area contributed by atoms with Crippen LogP contribution in [0.4, 0.5) is 0 Å². The summed E-state index contributed by atoms with van der Waals surface area (Å²) in [6.07, 6.45) is 0. The van der Waals surface area contributed by atoms with Crippen LogP contribution in [0.25, 0.3) is 0 Å². The lowest BCUT2D eigenvalue weighted by atomic mass is 10.0. The number of rotatable bonds is 6. The Kier molecular flexibility index (Phi) is 6.08. The zero-order chi connectivity index (χ0) is 16.1. The van der Waals surface area contributed by atoms with E-state index in [0.717, 1.165) is 44.4 Å². The van der Waals surface area contributed by atoms with Gasteiger partial charge in [-0.1, -0.05) is 29.8 Å². The van der Waals surface area contributed by atoms with Crippen molar-refractivity contribution in [2.75, 3.05) is 32.8 Å². The van der Waals surface area contributed by atoms with Crippen LogP contribution in [-0.4, -0.2) is 37.7 Å². The highest BCUT2D eigenvalue weighted by Crippen LogP contribution is 2.28. The fourth-order valence-electron chi connectivity index (χ4n) is 2.98. The number of thiophene rings is 1. The van der Waals surface area contributed by atoms with Gasteiger partial charge in [-0.2, -0.15) is 0 Å². The topological polar surface area (TPSA) is 24.5 Å². The van der Waals surface area contributed by atoms with Gasteiger partial charge in [-0.15, -0.1) is 11.3 Å². The van der Waals surface area contributed by atoms with E-state index in [1.54, 1.807) is 0 Å². The first-order chi connectivity index (χ1) is 11.3. The van der Waals surface area contributed by atoms with Gasteiger partial charge in [0.25, 0.3) is 0 Å². The van der Waals surface area contributed by atoms with E-state index >= 15 is 0 Å². The lowest BCUT2D eigenvalue weighted by Gasteiger charge is -2.35. The minimum absolute atomic E-state index is 0.285. The third-order valence-corrected chi connectivity index (χ3v) is 5.71. The smallest absolute Gasteiger partial charge is 0.0594 e. The number of benzene rings is 1. The molecule has 3 rings (SSSR count). The number of halogens is 1. The molecule has 1 aromatic carbocycles. The van der Waals surface area contributed by atoms with Gasteiger partial charge >= 0.3 is 0 Å². The van der Waals surface area contributed by atoms with Crippen molar-refractivity contribution in [2.24, 2.45) is 0 Å². The first kappa shape index (κ1) is 16.9. The Labute approximate surface area is 147 Å². The second-order valence-electron chi connectivity index (χ2n) is 5.84. The van der Waals surface area contributed by atoms with Gasteiger partial charge in [-0.05, 0) is 35.6 Å². The molecule has 3 nitrogen and oxygen atoms in total. The second-order valence-corrected chi connectivity index (χ2v) is 7.25. The number of nitrogens with zero attached hydrogens (tertiary/aromatic N) is 1. The van der Waals surface area contributed by atoms with E-state index in [2.05, 4.69) is 40.7 Å². The molecule has 124 valence electrons. The number of aryl methyl sites for hydroxylation is 1. The molecule has 1 N–H and O–H groups in total. The monoisotopic (exact) mass is 350 g/mol. The molecule has 1 aromatic heterocycles. The molecule has 23 heavy (non-hydrogen) atoms. The van der Waals surface area contributed by atoms with Gasteiger partial charge in [0.05, 0.1) is 13.2 Å². The van der Waals surface area contributed by atoms with Crippen molar-refractivity contribution in [2.45, 2.75) is 19.5 Å². The summed E-state index contributed by atoms with van der Waals surface area (Å²) in [5, 5.41) is 6.62. The number of hydrogen-bond donors (Lipinski definition) is 1. The SMILES string of the molecule is Cc1ccsc1CNC[C@@H](c1ccccc1Cl)N1CCOCC1. The summed E-state index contributed by atoms with van der Waals surface area (Å²) in [5.74, 6) is 0. The summed E-state index contributed by atoms with van der Waals surface area (Å²) < 4.78 is 5.50. The maximum absolute atomic E-state index is 6.46. The Hall–Kier alpha value is -0.910. The van der Waals surface area contributed by atoms with Gasteiger partial charge in [0.1, 0.15) is 0 Å². The molecule has 1 fully saturated rings. The average molecular weight is 351 g/mol. The predicted octanol–water partition coefficient (Wildman–Crippen LogP) is 3.87. The van der Waals surface area contributed by atoms with Crippen molar-refractivity contribution in [1.29, 1.82) is 0 Å². The molecule has 2 aromatic rings. The molecular weight excluding hydrogens is 328 g/mol. The number of ether oxygens (including phenoxy) is 1. The summed E-state index contributed by atoms with van der Waals surface area (Å²) in [6, 6.07) is 10.6. The summed E-state index contributed by atoms with van der Waals surface area (Å²) in [5.41, 5.74) is 2.56. The fraction of sp³-hybridized carbons (Fsp3) is 0.444. The molecule has 0 amide bonds. The van der Waals surface area contributed by atoms with E-state index < -0.39 is 0 Å². The average Bonchev–Trinajstić information content (AvgIpc) is 2.99. The van der Waals surface area contributed by atoms with E-state index in [0.29, 0.717) is 0 Å². The van der Waals surface area contributed by atoms with E-state index in [-0.39, 0.29) is 6.04 Å². The van der Waals surface area contributed by atoms with Crippen molar-refractivity contribution in [3.8, 4) is 0 Å². The van der Waals surface area contributed by atoms with Crippen molar-refractivity contribution in [3.63, 3.8) is 0 Å². The maximum atomic E-state index is 6.46. The molecule has 0 radical (unpaired) electrons. The quantitative estimate of drug-likeness (QED) is 0.855. The van der Waals surface area contributed by atoms with Crippen LogP contribution in [0.15, 0.2) is 35.7 Å². The number of nitrogens with one attached hydrogen (secondary N) is 1. The minimum atomic E-state index is 0.285. The molecule has 0 unspecified atom stereocenters. The molecule has 0 bridgehead atoms. The number of hydrogen-bond acceptors (Lipinski definition) is 4. The Morgan fingerprint density at radius 2 is 2.04 bits per heavy atom. The largest absolute Gasteiger partial charge is 0.379 e. The van der Waals surface area contributed by atoms with Crippen LogP contribution in [0.5, 0.6) is 0 Å². The summed E-state index contributed by atoms with van der Waals surface area (Å²) in [6.45, 7) is 7.47. The Balaban J connectivity index is 1.70. The maximum Gasteiger partial charge on any atom is 0.0594 e. The van der Waals surface area contributed by atoms with E-state index in [1.165, 1.54) is 16.0 Å². The van der Waals surface area contributed by atoms with Gasteiger partial charge in [-0.25, -0.2) is 0 Å². The summed E-state index contributed by atoms with van der Waals surface area (Å²) in [4.78, 5) is 3.88. The summed E-state index contributed by atoms with van der Waals surface area (Å²) >= 11 is 8.27. The lowest BCUT2D eigenvalue weighted by molar-refractivity contribution is 0.0161. The van der Waals surface area contributed by atoms with Crippen LogP contribution in [0, 0.1) is 6.92 Å². The summed E-state index contributed by atoms with van der Waals surface area (Å²) in [7, 11) is 0. The third-order valence-electron chi connectivity index (χ3n) is 4.34. The van der Waals surface area contributed by atoms with Crippen LogP contribution < -0.4 is 5.32 Å². The normalized spacial score (nSPS) is 17.3. The molecule has 0 spiro atoms. The molecule has 1 aliphatic rings. The van der Waals surface area contributed by atoms with Gasteiger partial charge in [0.2, 0.25) is 0 Å². The Morgan fingerprint density at radius 3 is 2.74 bits per heavy atom. The Bertz CT molecular complexity index is 625. The third kappa shape index (κ3) is 4.34. The highest BCUT2D eigenvalue weighted by atomic mass is 35.5. The Morgan fingerprint density at radius 1 is 1.26 bits per heavy atom. The first-order valence-corrected chi connectivity index (χ1v) is 9.31. The molecule has 0 aliphatic carbocycles. The van der Waals surface area contributed by atoms with Gasteiger partial charge < -0.3 is 10.1 Å². The van der Waals surface area contributed by atoms with Gasteiger partial charge in [0, 0.05) is 42.1 Å². The molecule has 0 saturated carbocycles. The number of morpholine rings is 1. The van der Waals surface area contributed by atoms with Crippen LogP contribution >= 0.6 is 22.9 Å². The van der Waals surface area contributed by atoms with E-state index in [4.69, 9.17) is 16.3 Å². The predicted molar refractivity (Wildman–Crippen MR) is 97.3 cm³/mol. The highest BCUT2D eigenvalue weighted by Gasteiger charge is 2.24. The van der Waals surface area contributed by atoms with Crippen LogP contribution in [0.2, 0.25) is 5.02 Å². The zero-order valence-electron chi connectivity index (χ0n) is 13.4. The van der Waals surface area contributed by atoms with E-state index in [9.17, 15) is 0 Å². The van der Waals surface area contributed by atoms with Crippen LogP contribution in [0.3, 0.4) is 0 Å². The fourth-order valence-corrected chi connectivity index (χ4v) is 4.12. The molecule has 1 saturated heterocycles. The van der Waals surface area contributed by atoms with Crippen molar-refractivity contribution >= 4 is 22.9 Å². The first-order valence-electron chi connectivity index (χ1n) is 8.05. The zero-order valence-corrected chi connectivity index (χ0v) is 15.0. The van der Waals surface area contributed by atoms with Gasteiger partial charge in [-0.3, -0.25) is 4.90 Å². The second kappa shape index (κ2) is 8.27. The molecule has 1 atom stereocenters. The van der Waals surface area contributed by atoms with Crippen molar-refractivity contribution < 1.29 is 4.74 Å². The van der Waals surface area contributed by atoms with Crippen LogP contribution in [-0.2, 0) is 11.3 Å². The lowest BCUT2D eigenvalue weighted by Crippen LogP contribution is -2.42. The molecule has 1 aliphatic heterocycles. The van der Waals surface area contributed by atoms with Crippen LogP contribution in [0.1, 0.15) is 22.0 Å². The minimum Gasteiger partial charge on any atom is -0.379 e. The highest BCUT2D eigenvalue weighted by molar-refractivity contribution is 7.10. The molecular formula is C18H23ClN2OS. The standard InChI is InChI=1S/C18H23ClN2OS/c1-14-6-11-23-18(14)13-20-12-17(21-7-9-22-10-8-21)15-4-2-3-5-16(15)19/h2-6,11,17,20H,7-10,12-13H2,1H3/t17-/m0/s1. The van der Waals surface area contributed by atoms with Gasteiger partial charge in [0.15, 0.2) is 0 Å². The molecule has 2 heterocycles. The van der Waals surface area contributed by atoms with Crippen molar-refractivity contribution in [1.82, 2.24) is 10.2 Å². The van der Waals surface area contributed by atoms with E-state index in [1.807, 2.05) is 23.5 Å². The van der Waals surface area contributed by atoms with Crippen molar-refractivity contribution in [3.05, 3.63) is 56.7 Å².